The van der Waals surface area contributed by atoms with Crippen molar-refractivity contribution < 1.29 is 9.84 Å². The Labute approximate surface area is 122 Å². The number of ether oxygens (including phenoxy) is 1. The summed E-state index contributed by atoms with van der Waals surface area (Å²) in [6.07, 6.45) is 0. The van der Waals surface area contributed by atoms with Crippen LogP contribution in [0.25, 0.3) is 10.8 Å². The molecule has 3 nitrogen and oxygen atoms in total. The smallest absolute Gasteiger partial charge is 0.128 e. The summed E-state index contributed by atoms with van der Waals surface area (Å²) in [6, 6.07) is 18.4. The van der Waals surface area contributed by atoms with Crippen LogP contribution in [-0.2, 0) is 0 Å². The van der Waals surface area contributed by atoms with E-state index >= 15 is 0 Å². The zero-order valence-corrected chi connectivity index (χ0v) is 11.5. The fourth-order valence-electron chi connectivity index (χ4n) is 2.24. The van der Waals surface area contributed by atoms with Crippen molar-refractivity contribution >= 4 is 10.8 Å². The standard InChI is InChI=1S/C18H13NO2/c1-12-8-17(7-4-14(12)11-19)21-18-6-3-13-2-5-16(20)9-15(13)10-18/h2-10,20H,1H3. The molecule has 0 aromatic heterocycles. The largest absolute Gasteiger partial charge is 0.508 e. The van der Waals surface area contributed by atoms with E-state index < -0.39 is 0 Å². The van der Waals surface area contributed by atoms with E-state index in [1.165, 1.54) is 0 Å². The zero-order valence-electron chi connectivity index (χ0n) is 11.5. The quantitative estimate of drug-likeness (QED) is 0.748. The summed E-state index contributed by atoms with van der Waals surface area (Å²) >= 11 is 0. The van der Waals surface area contributed by atoms with Crippen LogP contribution in [-0.4, -0.2) is 5.11 Å². The fourth-order valence-corrected chi connectivity index (χ4v) is 2.24. The van der Waals surface area contributed by atoms with Crippen molar-refractivity contribution in [3.8, 4) is 23.3 Å². The summed E-state index contributed by atoms with van der Waals surface area (Å²) in [7, 11) is 0. The van der Waals surface area contributed by atoms with E-state index in [-0.39, 0.29) is 5.75 Å². The van der Waals surface area contributed by atoms with Crippen molar-refractivity contribution in [3.63, 3.8) is 0 Å². The molecule has 0 radical (unpaired) electrons. The van der Waals surface area contributed by atoms with Gasteiger partial charge in [0.15, 0.2) is 0 Å². The van der Waals surface area contributed by atoms with Crippen molar-refractivity contribution in [2.75, 3.05) is 0 Å². The maximum atomic E-state index is 9.53. The van der Waals surface area contributed by atoms with Gasteiger partial charge in [0.05, 0.1) is 11.6 Å². The Balaban J connectivity index is 1.94. The van der Waals surface area contributed by atoms with Crippen molar-refractivity contribution in [2.45, 2.75) is 6.92 Å². The molecule has 21 heavy (non-hydrogen) atoms. The average molecular weight is 275 g/mol. The highest BCUT2D eigenvalue weighted by Crippen LogP contribution is 2.28. The molecule has 3 aromatic rings. The first kappa shape index (κ1) is 13.0. The van der Waals surface area contributed by atoms with Crippen LogP contribution in [0.2, 0.25) is 0 Å². The van der Waals surface area contributed by atoms with Crippen molar-refractivity contribution in [2.24, 2.45) is 0 Å². The van der Waals surface area contributed by atoms with Crippen molar-refractivity contribution in [3.05, 3.63) is 65.7 Å². The van der Waals surface area contributed by atoms with Crippen LogP contribution in [0.5, 0.6) is 17.2 Å². The topological polar surface area (TPSA) is 53.2 Å². The lowest BCUT2D eigenvalue weighted by Gasteiger charge is -2.08. The monoisotopic (exact) mass is 275 g/mol. The van der Waals surface area contributed by atoms with Crippen LogP contribution in [0.15, 0.2) is 54.6 Å². The second kappa shape index (κ2) is 5.18. The molecule has 0 spiro atoms. The molecule has 0 fully saturated rings. The van der Waals surface area contributed by atoms with Crippen LogP contribution >= 0.6 is 0 Å². The third-order valence-corrected chi connectivity index (χ3v) is 3.35. The zero-order chi connectivity index (χ0) is 14.8. The second-order valence-electron chi connectivity index (χ2n) is 4.88. The number of benzene rings is 3. The minimum Gasteiger partial charge on any atom is -0.508 e. The van der Waals surface area contributed by atoms with Gasteiger partial charge in [-0.15, -0.1) is 0 Å². The molecule has 0 heterocycles. The van der Waals surface area contributed by atoms with E-state index in [9.17, 15) is 5.11 Å². The van der Waals surface area contributed by atoms with Crippen LogP contribution in [0.4, 0.5) is 0 Å². The normalized spacial score (nSPS) is 10.3. The SMILES string of the molecule is Cc1cc(Oc2ccc3ccc(O)cc3c2)ccc1C#N. The Bertz CT molecular complexity index is 863. The van der Waals surface area contributed by atoms with E-state index in [4.69, 9.17) is 10.00 Å². The Morgan fingerprint density at radius 1 is 0.905 bits per heavy atom. The molecule has 1 N–H and O–H groups in total. The lowest BCUT2D eigenvalue weighted by molar-refractivity contribution is 0.476. The van der Waals surface area contributed by atoms with Gasteiger partial charge in [0.2, 0.25) is 0 Å². The molecule has 0 saturated carbocycles. The Morgan fingerprint density at radius 2 is 1.62 bits per heavy atom. The number of nitriles is 1. The average Bonchev–Trinajstić information content (AvgIpc) is 2.47. The summed E-state index contributed by atoms with van der Waals surface area (Å²) < 4.78 is 5.82. The molecular weight excluding hydrogens is 262 g/mol. The number of phenols is 1. The molecule has 0 unspecified atom stereocenters. The van der Waals surface area contributed by atoms with E-state index in [1.807, 2.05) is 37.3 Å². The number of rotatable bonds is 2. The van der Waals surface area contributed by atoms with Crippen molar-refractivity contribution in [1.82, 2.24) is 0 Å². The molecule has 0 saturated heterocycles. The van der Waals surface area contributed by atoms with Crippen LogP contribution in [0, 0.1) is 18.3 Å². The molecular formula is C18H13NO2. The Morgan fingerprint density at radius 3 is 2.38 bits per heavy atom. The van der Waals surface area contributed by atoms with Gasteiger partial charge in [-0.1, -0.05) is 12.1 Å². The molecule has 0 bridgehead atoms. The molecule has 0 atom stereocenters. The van der Waals surface area contributed by atoms with Gasteiger partial charge in [0.1, 0.15) is 17.2 Å². The number of nitrogens with zero attached hydrogens (tertiary/aromatic N) is 1. The fraction of sp³-hybridized carbons (Fsp3) is 0.0556. The lowest BCUT2D eigenvalue weighted by Crippen LogP contribution is -1.87. The molecule has 0 aliphatic rings. The van der Waals surface area contributed by atoms with Gasteiger partial charge in [-0.3, -0.25) is 0 Å². The van der Waals surface area contributed by atoms with Crippen LogP contribution < -0.4 is 4.74 Å². The van der Waals surface area contributed by atoms with Gasteiger partial charge in [-0.2, -0.15) is 5.26 Å². The summed E-state index contributed by atoms with van der Waals surface area (Å²) in [5.74, 6) is 1.61. The first-order chi connectivity index (χ1) is 10.2. The highest BCUT2D eigenvalue weighted by Gasteiger charge is 2.03. The predicted octanol–water partition coefficient (Wildman–Crippen LogP) is 4.52. The second-order valence-corrected chi connectivity index (χ2v) is 4.88. The minimum absolute atomic E-state index is 0.230. The third kappa shape index (κ3) is 2.65. The number of aromatic hydroxyl groups is 1. The lowest BCUT2D eigenvalue weighted by atomic mass is 10.1. The molecule has 3 aromatic carbocycles. The molecule has 3 heteroatoms. The van der Waals surface area contributed by atoms with Gasteiger partial charge in [-0.05, 0) is 65.7 Å². The maximum absolute atomic E-state index is 9.53. The molecule has 0 amide bonds. The van der Waals surface area contributed by atoms with Gasteiger partial charge >= 0.3 is 0 Å². The first-order valence-corrected chi connectivity index (χ1v) is 6.57. The number of fused-ring (bicyclic) bond motifs is 1. The number of hydrogen-bond acceptors (Lipinski definition) is 3. The van der Waals surface area contributed by atoms with E-state index in [1.54, 1.807) is 24.3 Å². The van der Waals surface area contributed by atoms with Crippen LogP contribution in [0.1, 0.15) is 11.1 Å². The van der Waals surface area contributed by atoms with Gasteiger partial charge in [0.25, 0.3) is 0 Å². The molecule has 3 rings (SSSR count). The van der Waals surface area contributed by atoms with E-state index in [0.717, 1.165) is 16.3 Å². The molecule has 0 aliphatic heterocycles. The third-order valence-electron chi connectivity index (χ3n) is 3.35. The molecule has 102 valence electrons. The summed E-state index contributed by atoms with van der Waals surface area (Å²) in [5.41, 5.74) is 1.53. The number of aryl methyl sites for hydroxylation is 1. The van der Waals surface area contributed by atoms with Gasteiger partial charge < -0.3 is 9.84 Å². The number of hydrogen-bond donors (Lipinski definition) is 1. The Hall–Kier alpha value is -2.99. The Kier molecular flexibility index (Phi) is 3.21. The predicted molar refractivity (Wildman–Crippen MR) is 81.6 cm³/mol. The molecule has 0 aliphatic carbocycles. The summed E-state index contributed by atoms with van der Waals surface area (Å²) in [4.78, 5) is 0. The minimum atomic E-state index is 0.230. The highest BCUT2D eigenvalue weighted by atomic mass is 16.5. The summed E-state index contributed by atoms with van der Waals surface area (Å²) in [6.45, 7) is 1.88. The van der Waals surface area contributed by atoms with Crippen molar-refractivity contribution in [1.29, 1.82) is 5.26 Å². The van der Waals surface area contributed by atoms with E-state index in [0.29, 0.717) is 17.1 Å². The first-order valence-electron chi connectivity index (χ1n) is 6.57. The van der Waals surface area contributed by atoms with Gasteiger partial charge in [-0.25, -0.2) is 0 Å². The highest BCUT2D eigenvalue weighted by molar-refractivity contribution is 5.85. The van der Waals surface area contributed by atoms with Gasteiger partial charge in [0, 0.05) is 0 Å². The summed E-state index contributed by atoms with van der Waals surface area (Å²) in [5, 5.41) is 20.4. The maximum Gasteiger partial charge on any atom is 0.128 e. The van der Waals surface area contributed by atoms with Crippen LogP contribution in [0.3, 0.4) is 0 Å². The number of phenolic OH excluding ortho intramolecular Hbond substituents is 1. The van der Waals surface area contributed by atoms with E-state index in [2.05, 4.69) is 6.07 Å².